The zero-order valence-electron chi connectivity index (χ0n) is 14.0. The highest BCUT2D eigenvalue weighted by Crippen LogP contribution is 2.23. The third-order valence-electron chi connectivity index (χ3n) is 3.77. The van der Waals surface area contributed by atoms with E-state index in [0.29, 0.717) is 23.6 Å². The van der Waals surface area contributed by atoms with Crippen molar-refractivity contribution in [2.45, 2.75) is 45.6 Å². The molecule has 126 valence electrons. The molecule has 0 N–H and O–H groups in total. The second-order valence-corrected chi connectivity index (χ2v) is 7.49. The molecule has 0 unspecified atom stereocenters. The molecule has 0 saturated carbocycles. The number of hydrogen-bond acceptors (Lipinski definition) is 3. The predicted octanol–water partition coefficient (Wildman–Crippen LogP) is 3.92. The zero-order valence-corrected chi connectivity index (χ0v) is 14.7. The van der Waals surface area contributed by atoms with E-state index in [1.165, 1.54) is 0 Å². The fourth-order valence-corrected chi connectivity index (χ4v) is 2.94. The van der Waals surface area contributed by atoms with E-state index in [1.807, 2.05) is 25.7 Å². The van der Waals surface area contributed by atoms with E-state index < -0.39 is 5.60 Å². The molecule has 1 fully saturated rings. The van der Waals surface area contributed by atoms with Crippen molar-refractivity contribution < 1.29 is 14.3 Å². The van der Waals surface area contributed by atoms with Gasteiger partial charge in [0.2, 0.25) is 0 Å². The Bertz CT molecular complexity index is 563. The molecule has 2 rings (SSSR count). The van der Waals surface area contributed by atoms with Crippen LogP contribution in [0.15, 0.2) is 24.3 Å². The summed E-state index contributed by atoms with van der Waals surface area (Å²) in [6, 6.07) is 6.91. The van der Waals surface area contributed by atoms with Crippen molar-refractivity contribution in [3.8, 4) is 0 Å². The molecule has 1 heterocycles. The fraction of sp³-hybridized carbons (Fsp3) is 0.556. The number of halogens is 1. The van der Waals surface area contributed by atoms with Gasteiger partial charge in [-0.2, -0.15) is 0 Å². The molecule has 0 radical (unpaired) electrons. The summed E-state index contributed by atoms with van der Waals surface area (Å²) in [5.41, 5.74) is 0.164. The van der Waals surface area contributed by atoms with Crippen molar-refractivity contribution in [1.82, 2.24) is 4.90 Å². The Morgan fingerprint density at radius 3 is 2.52 bits per heavy atom. The molecule has 0 bridgehead atoms. The lowest BCUT2D eigenvalue weighted by Crippen LogP contribution is -2.41. The number of esters is 1. The van der Waals surface area contributed by atoms with E-state index >= 15 is 0 Å². The monoisotopic (exact) mass is 337 g/mol. The Hall–Kier alpha value is -1.55. The summed E-state index contributed by atoms with van der Waals surface area (Å²) in [6.45, 7) is 6.92. The summed E-state index contributed by atoms with van der Waals surface area (Å²) >= 11 is 5.86. The standard InChI is InChI=1S/C18H24ClNO3/c1-18(2,3)23-16(21)11-13-5-4-10-20(12-13)17(22)14-6-8-15(19)9-7-14/h6-9,13H,4-5,10-12H2,1-3H3/t13-/m0/s1. The molecule has 1 aliphatic heterocycles. The first-order valence-corrected chi connectivity index (χ1v) is 8.39. The number of hydrogen-bond donors (Lipinski definition) is 0. The van der Waals surface area contributed by atoms with Gasteiger partial charge in [-0.25, -0.2) is 0 Å². The molecule has 23 heavy (non-hydrogen) atoms. The number of piperidine rings is 1. The van der Waals surface area contributed by atoms with Crippen molar-refractivity contribution in [3.05, 3.63) is 34.9 Å². The van der Waals surface area contributed by atoms with Crippen LogP contribution in [-0.4, -0.2) is 35.5 Å². The van der Waals surface area contributed by atoms with Gasteiger partial charge in [-0.3, -0.25) is 9.59 Å². The minimum atomic E-state index is -0.468. The molecule has 0 aromatic heterocycles. The van der Waals surface area contributed by atoms with Crippen LogP contribution in [0.5, 0.6) is 0 Å². The number of amides is 1. The van der Waals surface area contributed by atoms with Crippen molar-refractivity contribution in [1.29, 1.82) is 0 Å². The van der Waals surface area contributed by atoms with Gasteiger partial charge < -0.3 is 9.64 Å². The van der Waals surface area contributed by atoms with E-state index in [-0.39, 0.29) is 17.8 Å². The molecule has 1 aliphatic rings. The van der Waals surface area contributed by atoms with Crippen molar-refractivity contribution in [2.75, 3.05) is 13.1 Å². The summed E-state index contributed by atoms with van der Waals surface area (Å²) in [6.07, 6.45) is 2.22. The number of nitrogens with zero attached hydrogens (tertiary/aromatic N) is 1. The summed E-state index contributed by atoms with van der Waals surface area (Å²) in [7, 11) is 0. The van der Waals surface area contributed by atoms with Gasteiger partial charge in [-0.15, -0.1) is 0 Å². The smallest absolute Gasteiger partial charge is 0.306 e. The second kappa shape index (κ2) is 7.35. The Labute approximate surface area is 142 Å². The summed E-state index contributed by atoms with van der Waals surface area (Å²) < 4.78 is 5.38. The highest BCUT2D eigenvalue weighted by Gasteiger charge is 2.27. The van der Waals surface area contributed by atoms with Crippen molar-refractivity contribution in [3.63, 3.8) is 0 Å². The van der Waals surface area contributed by atoms with Crippen LogP contribution in [0.25, 0.3) is 0 Å². The minimum Gasteiger partial charge on any atom is -0.460 e. The maximum atomic E-state index is 12.5. The number of carbonyl (C=O) groups is 2. The van der Waals surface area contributed by atoms with Crippen LogP contribution >= 0.6 is 11.6 Å². The molecule has 1 amide bonds. The SMILES string of the molecule is CC(C)(C)OC(=O)C[C@@H]1CCCN(C(=O)c2ccc(Cl)cc2)C1. The van der Waals surface area contributed by atoms with E-state index in [1.54, 1.807) is 24.3 Å². The Morgan fingerprint density at radius 2 is 1.91 bits per heavy atom. The maximum Gasteiger partial charge on any atom is 0.306 e. The third kappa shape index (κ3) is 5.54. The summed E-state index contributed by atoms with van der Waals surface area (Å²) in [5.74, 6) is -0.0336. The van der Waals surface area contributed by atoms with Crippen LogP contribution in [0.1, 0.15) is 50.4 Å². The molecular formula is C18H24ClNO3. The number of rotatable bonds is 3. The molecule has 0 aliphatic carbocycles. The van der Waals surface area contributed by atoms with Crippen LogP contribution in [0, 0.1) is 5.92 Å². The molecule has 0 spiro atoms. The van der Waals surface area contributed by atoms with Crippen molar-refractivity contribution >= 4 is 23.5 Å². The number of benzene rings is 1. The fourth-order valence-electron chi connectivity index (χ4n) is 2.81. The molecule has 1 aromatic rings. The summed E-state index contributed by atoms with van der Waals surface area (Å²) in [4.78, 5) is 26.3. The number of likely N-dealkylation sites (tertiary alicyclic amines) is 1. The number of carbonyl (C=O) groups excluding carboxylic acids is 2. The largest absolute Gasteiger partial charge is 0.460 e. The molecule has 1 saturated heterocycles. The highest BCUT2D eigenvalue weighted by atomic mass is 35.5. The first kappa shape index (κ1) is 17.8. The topological polar surface area (TPSA) is 46.6 Å². The van der Waals surface area contributed by atoms with Crippen LogP contribution in [0.2, 0.25) is 5.02 Å². The molecule has 5 heteroatoms. The lowest BCUT2D eigenvalue weighted by Gasteiger charge is -2.33. The average Bonchev–Trinajstić information content (AvgIpc) is 2.45. The van der Waals surface area contributed by atoms with Crippen LogP contribution < -0.4 is 0 Å². The lowest BCUT2D eigenvalue weighted by molar-refractivity contribution is -0.156. The van der Waals surface area contributed by atoms with Gasteiger partial charge in [0, 0.05) is 23.7 Å². The number of ether oxygens (including phenoxy) is 1. The van der Waals surface area contributed by atoms with Crippen LogP contribution in [-0.2, 0) is 9.53 Å². The molecule has 4 nitrogen and oxygen atoms in total. The van der Waals surface area contributed by atoms with Gasteiger partial charge in [-0.05, 0) is 63.8 Å². The van der Waals surface area contributed by atoms with Gasteiger partial charge in [0.25, 0.3) is 5.91 Å². The summed E-state index contributed by atoms with van der Waals surface area (Å²) in [5, 5.41) is 0.614. The average molecular weight is 338 g/mol. The van der Waals surface area contributed by atoms with E-state index in [0.717, 1.165) is 19.4 Å². The highest BCUT2D eigenvalue weighted by molar-refractivity contribution is 6.30. The van der Waals surface area contributed by atoms with Gasteiger partial charge in [0.15, 0.2) is 0 Å². The minimum absolute atomic E-state index is 0.00412. The first-order chi connectivity index (χ1) is 10.7. The zero-order chi connectivity index (χ0) is 17.0. The van der Waals surface area contributed by atoms with Crippen LogP contribution in [0.4, 0.5) is 0 Å². The van der Waals surface area contributed by atoms with E-state index in [9.17, 15) is 9.59 Å². The Morgan fingerprint density at radius 1 is 1.26 bits per heavy atom. The maximum absolute atomic E-state index is 12.5. The van der Waals surface area contributed by atoms with Gasteiger partial charge in [-0.1, -0.05) is 11.6 Å². The predicted molar refractivity (Wildman–Crippen MR) is 90.5 cm³/mol. The third-order valence-corrected chi connectivity index (χ3v) is 4.02. The Balaban J connectivity index is 1.94. The van der Waals surface area contributed by atoms with E-state index in [2.05, 4.69) is 0 Å². The normalized spacial score (nSPS) is 18.6. The second-order valence-electron chi connectivity index (χ2n) is 7.06. The van der Waals surface area contributed by atoms with Gasteiger partial charge >= 0.3 is 5.97 Å². The van der Waals surface area contributed by atoms with E-state index in [4.69, 9.17) is 16.3 Å². The molecule has 1 aromatic carbocycles. The molecule has 1 atom stereocenters. The Kier molecular flexibility index (Phi) is 5.69. The first-order valence-electron chi connectivity index (χ1n) is 8.01. The van der Waals surface area contributed by atoms with Gasteiger partial charge in [0.1, 0.15) is 5.60 Å². The van der Waals surface area contributed by atoms with Crippen LogP contribution in [0.3, 0.4) is 0 Å². The van der Waals surface area contributed by atoms with Crippen molar-refractivity contribution in [2.24, 2.45) is 5.92 Å². The quantitative estimate of drug-likeness (QED) is 0.785. The lowest BCUT2D eigenvalue weighted by atomic mass is 9.94. The molecular weight excluding hydrogens is 314 g/mol. The van der Waals surface area contributed by atoms with Gasteiger partial charge in [0.05, 0.1) is 6.42 Å².